The van der Waals surface area contributed by atoms with E-state index in [4.69, 9.17) is 22.8 Å². The number of amides is 1. The Kier molecular flexibility index (Phi) is 5.05. The van der Waals surface area contributed by atoms with Crippen LogP contribution in [0.4, 0.5) is 4.79 Å². The highest BCUT2D eigenvalue weighted by molar-refractivity contribution is 6.31. The van der Waals surface area contributed by atoms with Crippen LogP contribution < -0.4 is 5.69 Å². The number of carbonyl (C=O) groups is 1. The SMILES string of the molecule is C#CCn1c(=O)n(C2CCN(C(=O)OCC)CC2)c2ccc(Cl)cc21. The minimum atomic E-state index is -0.296. The first kappa shape index (κ1) is 17.4. The van der Waals surface area contributed by atoms with E-state index >= 15 is 0 Å². The van der Waals surface area contributed by atoms with Gasteiger partial charge in [-0.1, -0.05) is 17.5 Å². The van der Waals surface area contributed by atoms with E-state index in [1.165, 1.54) is 0 Å². The number of carbonyl (C=O) groups excluding carboxylic acids is 1. The van der Waals surface area contributed by atoms with Crippen molar-refractivity contribution in [2.45, 2.75) is 32.4 Å². The minimum Gasteiger partial charge on any atom is -0.450 e. The molecule has 0 atom stereocenters. The zero-order valence-electron chi connectivity index (χ0n) is 14.1. The molecule has 0 saturated carbocycles. The number of ether oxygens (including phenoxy) is 1. The maximum Gasteiger partial charge on any atom is 0.409 e. The van der Waals surface area contributed by atoms with Gasteiger partial charge in [0.15, 0.2) is 0 Å². The number of benzene rings is 1. The summed E-state index contributed by atoms with van der Waals surface area (Å²) >= 11 is 6.09. The molecule has 6 nitrogen and oxygen atoms in total. The topological polar surface area (TPSA) is 56.5 Å². The van der Waals surface area contributed by atoms with E-state index in [0.717, 1.165) is 11.0 Å². The third-order valence-electron chi connectivity index (χ3n) is 4.53. The van der Waals surface area contributed by atoms with Crippen molar-refractivity contribution < 1.29 is 9.53 Å². The molecule has 2 aromatic rings. The zero-order valence-corrected chi connectivity index (χ0v) is 14.8. The molecule has 1 saturated heterocycles. The lowest BCUT2D eigenvalue weighted by Crippen LogP contribution is -2.41. The van der Waals surface area contributed by atoms with Crippen molar-refractivity contribution in [1.82, 2.24) is 14.0 Å². The summed E-state index contributed by atoms with van der Waals surface area (Å²) in [7, 11) is 0. The fourth-order valence-corrected chi connectivity index (χ4v) is 3.54. The summed E-state index contributed by atoms with van der Waals surface area (Å²) in [5.41, 5.74) is 1.42. The van der Waals surface area contributed by atoms with Gasteiger partial charge >= 0.3 is 11.8 Å². The molecule has 1 aromatic heterocycles. The fraction of sp³-hybridized carbons (Fsp3) is 0.444. The highest BCUT2D eigenvalue weighted by Gasteiger charge is 2.27. The monoisotopic (exact) mass is 361 g/mol. The van der Waals surface area contributed by atoms with Crippen molar-refractivity contribution in [3.05, 3.63) is 33.7 Å². The summed E-state index contributed by atoms with van der Waals surface area (Å²) in [5, 5.41) is 0.563. The summed E-state index contributed by atoms with van der Waals surface area (Å²) in [6.07, 6.45) is 6.50. The maximum atomic E-state index is 12.9. The minimum absolute atomic E-state index is 0.0147. The molecule has 1 amide bonds. The largest absolute Gasteiger partial charge is 0.450 e. The van der Waals surface area contributed by atoms with Crippen LogP contribution in [0.1, 0.15) is 25.8 Å². The quantitative estimate of drug-likeness (QED) is 0.790. The highest BCUT2D eigenvalue weighted by atomic mass is 35.5. The van der Waals surface area contributed by atoms with Gasteiger partial charge in [0, 0.05) is 24.2 Å². The van der Waals surface area contributed by atoms with Gasteiger partial charge < -0.3 is 9.64 Å². The molecule has 1 aliphatic rings. The summed E-state index contributed by atoms with van der Waals surface area (Å²) < 4.78 is 8.39. The Morgan fingerprint density at radius 1 is 1.36 bits per heavy atom. The summed E-state index contributed by atoms with van der Waals surface area (Å²) in [5.74, 6) is 2.53. The third-order valence-corrected chi connectivity index (χ3v) is 4.76. The molecule has 0 N–H and O–H groups in total. The number of hydrogen-bond donors (Lipinski definition) is 0. The van der Waals surface area contributed by atoms with Crippen LogP contribution in [-0.4, -0.2) is 39.8 Å². The van der Waals surface area contributed by atoms with Crippen LogP contribution in [-0.2, 0) is 11.3 Å². The van der Waals surface area contributed by atoms with E-state index in [0.29, 0.717) is 37.6 Å². The standard InChI is InChI=1S/C18H20ClN3O3/c1-3-9-21-16-12-13(19)5-6-15(16)22(17(21)23)14-7-10-20(11-8-14)18(24)25-4-2/h1,5-6,12,14H,4,7-11H2,2H3. The molecule has 0 radical (unpaired) electrons. The van der Waals surface area contributed by atoms with E-state index in [9.17, 15) is 9.59 Å². The normalized spacial score (nSPS) is 15.3. The molecule has 25 heavy (non-hydrogen) atoms. The summed E-state index contributed by atoms with van der Waals surface area (Å²) in [6, 6.07) is 5.40. The lowest BCUT2D eigenvalue weighted by atomic mass is 10.0. The number of terminal acetylenes is 1. The van der Waals surface area contributed by atoms with Crippen LogP contribution >= 0.6 is 11.6 Å². The second-order valence-corrected chi connectivity index (χ2v) is 6.43. The van der Waals surface area contributed by atoms with Crippen LogP contribution in [0.3, 0.4) is 0 Å². The van der Waals surface area contributed by atoms with Gasteiger partial charge in [-0.25, -0.2) is 9.59 Å². The van der Waals surface area contributed by atoms with Crippen LogP contribution in [0.5, 0.6) is 0 Å². The number of piperidine rings is 1. The van der Waals surface area contributed by atoms with Crippen LogP contribution in [0.15, 0.2) is 23.0 Å². The Morgan fingerprint density at radius 3 is 2.72 bits per heavy atom. The molecule has 3 rings (SSSR count). The zero-order chi connectivity index (χ0) is 18.0. The predicted molar refractivity (Wildman–Crippen MR) is 96.9 cm³/mol. The summed E-state index contributed by atoms with van der Waals surface area (Å²) in [4.78, 5) is 26.4. The average Bonchev–Trinajstić information content (AvgIpc) is 2.87. The number of rotatable bonds is 3. The number of aromatic nitrogens is 2. The van der Waals surface area contributed by atoms with Gasteiger partial charge in [0.25, 0.3) is 0 Å². The Hall–Kier alpha value is -2.39. The molecule has 7 heteroatoms. The number of likely N-dealkylation sites (tertiary alicyclic amines) is 1. The Balaban J connectivity index is 1.92. The molecule has 1 aliphatic heterocycles. The average molecular weight is 362 g/mol. The first-order valence-corrected chi connectivity index (χ1v) is 8.70. The molecule has 1 aromatic carbocycles. The lowest BCUT2D eigenvalue weighted by Gasteiger charge is -2.31. The van der Waals surface area contributed by atoms with Crippen LogP contribution in [0, 0.1) is 12.3 Å². The van der Waals surface area contributed by atoms with Gasteiger partial charge in [-0.15, -0.1) is 6.42 Å². The van der Waals surface area contributed by atoms with Crippen molar-refractivity contribution in [2.75, 3.05) is 19.7 Å². The molecule has 0 unspecified atom stereocenters. The smallest absolute Gasteiger partial charge is 0.409 e. The van der Waals surface area contributed by atoms with Crippen LogP contribution in [0.2, 0.25) is 5.02 Å². The third kappa shape index (κ3) is 3.24. The second kappa shape index (κ2) is 7.24. The van der Waals surface area contributed by atoms with E-state index in [1.54, 1.807) is 33.1 Å². The predicted octanol–water partition coefficient (Wildman–Crippen LogP) is 2.88. The molecular weight excluding hydrogens is 342 g/mol. The van der Waals surface area contributed by atoms with E-state index in [2.05, 4.69) is 5.92 Å². The number of fused-ring (bicyclic) bond motifs is 1. The van der Waals surface area contributed by atoms with Crippen molar-refractivity contribution in [3.63, 3.8) is 0 Å². The van der Waals surface area contributed by atoms with Gasteiger partial charge in [-0.3, -0.25) is 9.13 Å². The van der Waals surface area contributed by atoms with Gasteiger partial charge in [0.1, 0.15) is 0 Å². The number of halogens is 1. The number of nitrogens with zero attached hydrogens (tertiary/aromatic N) is 3. The first-order chi connectivity index (χ1) is 12.1. The summed E-state index contributed by atoms with van der Waals surface area (Å²) in [6.45, 7) is 3.47. The molecule has 0 bridgehead atoms. The van der Waals surface area contributed by atoms with Crippen molar-refractivity contribution in [2.24, 2.45) is 0 Å². The number of imidazole rings is 1. The van der Waals surface area contributed by atoms with Gasteiger partial charge in [0.2, 0.25) is 0 Å². The van der Waals surface area contributed by atoms with Gasteiger partial charge in [0.05, 0.1) is 24.2 Å². The Morgan fingerprint density at radius 2 is 2.08 bits per heavy atom. The van der Waals surface area contributed by atoms with Crippen LogP contribution in [0.25, 0.3) is 11.0 Å². The molecular formula is C18H20ClN3O3. The molecule has 2 heterocycles. The first-order valence-electron chi connectivity index (χ1n) is 8.32. The molecule has 0 aliphatic carbocycles. The van der Waals surface area contributed by atoms with E-state index in [-0.39, 0.29) is 24.4 Å². The van der Waals surface area contributed by atoms with E-state index < -0.39 is 0 Å². The van der Waals surface area contributed by atoms with Crippen molar-refractivity contribution >= 4 is 28.7 Å². The molecule has 0 spiro atoms. The fourth-order valence-electron chi connectivity index (χ4n) is 3.37. The van der Waals surface area contributed by atoms with Gasteiger partial charge in [-0.2, -0.15) is 0 Å². The van der Waals surface area contributed by atoms with E-state index in [1.807, 2.05) is 6.07 Å². The molecule has 132 valence electrons. The number of hydrogen-bond acceptors (Lipinski definition) is 3. The highest BCUT2D eigenvalue weighted by Crippen LogP contribution is 2.27. The molecule has 1 fully saturated rings. The Labute approximate surface area is 150 Å². The maximum absolute atomic E-state index is 12.9. The second-order valence-electron chi connectivity index (χ2n) is 5.99. The van der Waals surface area contributed by atoms with Gasteiger partial charge in [-0.05, 0) is 38.0 Å². The van der Waals surface area contributed by atoms with Crippen molar-refractivity contribution in [3.8, 4) is 12.3 Å². The van der Waals surface area contributed by atoms with Crippen molar-refractivity contribution in [1.29, 1.82) is 0 Å². The lowest BCUT2D eigenvalue weighted by molar-refractivity contribution is 0.0927. The Bertz CT molecular complexity index is 885.